The highest BCUT2D eigenvalue weighted by Gasteiger charge is 2.18. The molecule has 0 saturated carbocycles. The summed E-state index contributed by atoms with van der Waals surface area (Å²) in [5.74, 6) is 1.03. The Balaban J connectivity index is 4.02. The molecule has 0 aliphatic carbocycles. The number of nitrogens with one attached hydrogen (secondary N) is 2. The van der Waals surface area contributed by atoms with Crippen LogP contribution in [0.15, 0.2) is 0 Å². The molecule has 0 aromatic rings. The minimum atomic E-state index is -1.06. The molecule has 0 rings (SSSR count). The maximum Gasteiger partial charge on any atom is 0.327 e. The first-order valence-electron chi connectivity index (χ1n) is 4.64. The van der Waals surface area contributed by atoms with Crippen LogP contribution in [-0.4, -0.2) is 35.6 Å². The summed E-state index contributed by atoms with van der Waals surface area (Å²) >= 11 is 0. The number of terminal acetylenes is 1. The first-order chi connectivity index (χ1) is 6.97. The van der Waals surface area contributed by atoms with Gasteiger partial charge < -0.3 is 15.7 Å². The van der Waals surface area contributed by atoms with E-state index in [9.17, 15) is 9.59 Å². The van der Waals surface area contributed by atoms with Crippen molar-refractivity contribution in [3.8, 4) is 12.3 Å². The Morgan fingerprint density at radius 3 is 2.53 bits per heavy atom. The van der Waals surface area contributed by atoms with Crippen molar-refractivity contribution in [3.63, 3.8) is 0 Å². The van der Waals surface area contributed by atoms with Crippen LogP contribution < -0.4 is 10.6 Å². The monoisotopic (exact) mass is 212 g/mol. The fourth-order valence-corrected chi connectivity index (χ4v) is 1.01. The lowest BCUT2D eigenvalue weighted by atomic mass is 10.2. The van der Waals surface area contributed by atoms with E-state index >= 15 is 0 Å². The first kappa shape index (κ1) is 13.5. The smallest absolute Gasteiger partial charge is 0.327 e. The van der Waals surface area contributed by atoms with Gasteiger partial charge in [-0.15, -0.1) is 12.3 Å². The van der Waals surface area contributed by atoms with E-state index < -0.39 is 12.0 Å². The van der Waals surface area contributed by atoms with E-state index in [1.165, 1.54) is 6.92 Å². The predicted octanol–water partition coefficient (Wildman–Crippen LogP) is -0.423. The van der Waals surface area contributed by atoms with Crippen molar-refractivity contribution < 1.29 is 14.7 Å². The Morgan fingerprint density at radius 2 is 2.13 bits per heavy atom. The van der Waals surface area contributed by atoms with Crippen LogP contribution in [0, 0.1) is 12.3 Å². The number of aliphatic carboxylic acids is 1. The molecule has 0 spiro atoms. The molecule has 0 fully saturated rings. The SMILES string of the molecule is C#CCC(C)NCC(NC(C)=O)C(=O)O. The molecule has 15 heavy (non-hydrogen) atoms. The van der Waals surface area contributed by atoms with Gasteiger partial charge in [0.2, 0.25) is 5.91 Å². The van der Waals surface area contributed by atoms with E-state index in [1.54, 1.807) is 0 Å². The number of carbonyl (C=O) groups is 2. The van der Waals surface area contributed by atoms with Crippen molar-refractivity contribution in [1.29, 1.82) is 0 Å². The van der Waals surface area contributed by atoms with E-state index in [-0.39, 0.29) is 18.5 Å². The minimum absolute atomic E-state index is 0.0330. The summed E-state index contributed by atoms with van der Waals surface area (Å²) in [5, 5.41) is 14.0. The summed E-state index contributed by atoms with van der Waals surface area (Å²) in [6.45, 7) is 3.30. The Labute approximate surface area is 89.2 Å². The zero-order chi connectivity index (χ0) is 11.8. The van der Waals surface area contributed by atoms with Crippen LogP contribution >= 0.6 is 0 Å². The lowest BCUT2D eigenvalue weighted by molar-refractivity contribution is -0.141. The number of amides is 1. The molecule has 0 aliphatic rings. The minimum Gasteiger partial charge on any atom is -0.480 e. The molecule has 0 aliphatic heterocycles. The Morgan fingerprint density at radius 1 is 1.53 bits per heavy atom. The van der Waals surface area contributed by atoms with Gasteiger partial charge in [-0.1, -0.05) is 0 Å². The van der Waals surface area contributed by atoms with E-state index in [4.69, 9.17) is 11.5 Å². The van der Waals surface area contributed by atoms with Gasteiger partial charge in [0.15, 0.2) is 0 Å². The summed E-state index contributed by atoms with van der Waals surface area (Å²) in [7, 11) is 0. The molecule has 0 radical (unpaired) electrons. The van der Waals surface area contributed by atoms with E-state index in [2.05, 4.69) is 16.6 Å². The molecule has 2 unspecified atom stereocenters. The maximum atomic E-state index is 10.7. The normalized spacial score (nSPS) is 13.7. The highest BCUT2D eigenvalue weighted by atomic mass is 16.4. The third-order valence-electron chi connectivity index (χ3n) is 1.77. The molecule has 0 aromatic carbocycles. The molecular weight excluding hydrogens is 196 g/mol. The maximum absolute atomic E-state index is 10.7. The van der Waals surface area contributed by atoms with Gasteiger partial charge >= 0.3 is 5.97 Å². The van der Waals surface area contributed by atoms with Gasteiger partial charge in [0.25, 0.3) is 0 Å². The molecule has 2 atom stereocenters. The van der Waals surface area contributed by atoms with Crippen LogP contribution in [0.5, 0.6) is 0 Å². The van der Waals surface area contributed by atoms with Crippen molar-refractivity contribution in [3.05, 3.63) is 0 Å². The van der Waals surface area contributed by atoms with Crippen LogP contribution in [0.25, 0.3) is 0 Å². The third kappa shape index (κ3) is 6.52. The fourth-order valence-electron chi connectivity index (χ4n) is 1.01. The average Bonchev–Trinajstić information content (AvgIpc) is 2.11. The molecule has 0 saturated heterocycles. The standard InChI is InChI=1S/C10H16N2O3/c1-4-5-7(2)11-6-9(10(14)15)12-8(3)13/h1,7,9,11H,5-6H2,2-3H3,(H,12,13)(H,14,15). The second-order valence-electron chi connectivity index (χ2n) is 3.31. The second kappa shape index (κ2) is 6.85. The van der Waals surface area contributed by atoms with Gasteiger partial charge in [-0.05, 0) is 6.92 Å². The van der Waals surface area contributed by atoms with Crippen molar-refractivity contribution in [2.45, 2.75) is 32.4 Å². The zero-order valence-corrected chi connectivity index (χ0v) is 8.91. The third-order valence-corrected chi connectivity index (χ3v) is 1.77. The van der Waals surface area contributed by atoms with Gasteiger partial charge in [-0.2, -0.15) is 0 Å². The summed E-state index contributed by atoms with van der Waals surface area (Å²) in [5.41, 5.74) is 0. The van der Waals surface area contributed by atoms with Crippen LogP contribution in [0.3, 0.4) is 0 Å². The van der Waals surface area contributed by atoms with E-state index in [1.807, 2.05) is 6.92 Å². The molecular formula is C10H16N2O3. The van der Waals surface area contributed by atoms with Crippen LogP contribution in [0.1, 0.15) is 20.3 Å². The summed E-state index contributed by atoms with van der Waals surface area (Å²) in [6, 6.07) is -0.881. The molecule has 1 amide bonds. The topological polar surface area (TPSA) is 78.4 Å². The molecule has 5 nitrogen and oxygen atoms in total. The van der Waals surface area contributed by atoms with Crippen molar-refractivity contribution >= 4 is 11.9 Å². The fraction of sp³-hybridized carbons (Fsp3) is 0.600. The van der Waals surface area contributed by atoms with Crippen LogP contribution in [0.2, 0.25) is 0 Å². The van der Waals surface area contributed by atoms with E-state index in [0.29, 0.717) is 6.42 Å². The number of hydrogen-bond acceptors (Lipinski definition) is 3. The molecule has 5 heteroatoms. The lowest BCUT2D eigenvalue weighted by Crippen LogP contribution is -2.48. The van der Waals surface area contributed by atoms with Crippen LogP contribution in [0.4, 0.5) is 0 Å². The van der Waals surface area contributed by atoms with Crippen LogP contribution in [-0.2, 0) is 9.59 Å². The Hall–Kier alpha value is -1.54. The van der Waals surface area contributed by atoms with Crippen molar-refractivity contribution in [2.24, 2.45) is 0 Å². The number of hydrogen-bond donors (Lipinski definition) is 3. The lowest BCUT2D eigenvalue weighted by Gasteiger charge is -2.16. The number of rotatable bonds is 6. The molecule has 3 N–H and O–H groups in total. The first-order valence-corrected chi connectivity index (χ1v) is 4.64. The largest absolute Gasteiger partial charge is 0.480 e. The van der Waals surface area contributed by atoms with Gasteiger partial charge in [0.05, 0.1) is 0 Å². The van der Waals surface area contributed by atoms with Gasteiger partial charge in [0.1, 0.15) is 6.04 Å². The highest BCUT2D eigenvalue weighted by molar-refractivity contribution is 5.82. The predicted molar refractivity (Wildman–Crippen MR) is 56.2 cm³/mol. The molecule has 0 heterocycles. The van der Waals surface area contributed by atoms with E-state index in [0.717, 1.165) is 0 Å². The average molecular weight is 212 g/mol. The van der Waals surface area contributed by atoms with Gasteiger partial charge in [-0.3, -0.25) is 4.79 Å². The molecule has 0 bridgehead atoms. The summed E-state index contributed by atoms with van der Waals surface area (Å²) < 4.78 is 0. The number of carboxylic acid groups (broad SMARTS) is 1. The Kier molecular flexibility index (Phi) is 6.14. The number of carboxylic acids is 1. The van der Waals surface area contributed by atoms with Crippen molar-refractivity contribution in [1.82, 2.24) is 10.6 Å². The summed E-state index contributed by atoms with van der Waals surface area (Å²) in [4.78, 5) is 21.4. The molecule has 84 valence electrons. The Bertz CT molecular complexity index is 270. The molecule has 0 aromatic heterocycles. The quantitative estimate of drug-likeness (QED) is 0.522. The van der Waals surface area contributed by atoms with Gasteiger partial charge in [0, 0.05) is 25.9 Å². The van der Waals surface area contributed by atoms with Gasteiger partial charge in [-0.25, -0.2) is 4.79 Å². The number of carbonyl (C=O) groups excluding carboxylic acids is 1. The van der Waals surface area contributed by atoms with Crippen molar-refractivity contribution in [2.75, 3.05) is 6.54 Å². The zero-order valence-electron chi connectivity index (χ0n) is 8.91. The second-order valence-corrected chi connectivity index (χ2v) is 3.31. The summed E-state index contributed by atoms with van der Waals surface area (Å²) in [6.07, 6.45) is 5.62. The highest BCUT2D eigenvalue weighted by Crippen LogP contribution is 1.90.